The molecule has 0 aliphatic heterocycles. The molecule has 0 fully saturated rings. The summed E-state index contributed by atoms with van der Waals surface area (Å²) < 4.78 is 2.20. The molecule has 2 aromatic rings. The molecule has 6 heteroatoms. The number of nitrogens with zero attached hydrogens (tertiary/aromatic N) is 2. The van der Waals surface area contributed by atoms with Crippen LogP contribution in [-0.2, 0) is 0 Å². The number of amides is 1. The number of nitrogens with two attached hydrogens (primary N) is 1. The molecule has 0 saturated heterocycles. The van der Waals surface area contributed by atoms with Gasteiger partial charge in [0.25, 0.3) is 5.91 Å². The standard InChI is InChI=1S/C10H7BrClN3O/c11-7-5-6(12)1-2-8(7)15-9(10(13)16)3-4-14-15/h1-5H,(H2,13,16). The summed E-state index contributed by atoms with van der Waals surface area (Å²) in [5.41, 5.74) is 6.27. The maximum atomic E-state index is 11.2. The fourth-order valence-electron chi connectivity index (χ4n) is 1.33. The summed E-state index contributed by atoms with van der Waals surface area (Å²) in [6.45, 7) is 0. The third kappa shape index (κ3) is 1.96. The number of rotatable bonds is 2. The second-order valence-corrected chi connectivity index (χ2v) is 4.38. The van der Waals surface area contributed by atoms with Crippen LogP contribution < -0.4 is 5.73 Å². The van der Waals surface area contributed by atoms with Gasteiger partial charge in [-0.1, -0.05) is 11.6 Å². The Balaban J connectivity index is 2.59. The van der Waals surface area contributed by atoms with E-state index in [1.54, 1.807) is 24.3 Å². The third-order valence-electron chi connectivity index (χ3n) is 2.03. The Labute approximate surface area is 105 Å². The maximum absolute atomic E-state index is 11.2. The molecule has 1 heterocycles. The fourth-order valence-corrected chi connectivity index (χ4v) is 2.19. The van der Waals surface area contributed by atoms with Crippen LogP contribution in [0.5, 0.6) is 0 Å². The Bertz CT molecular complexity index is 553. The molecule has 0 aliphatic carbocycles. The van der Waals surface area contributed by atoms with Gasteiger partial charge in [0.2, 0.25) is 0 Å². The molecule has 1 aromatic heterocycles. The SMILES string of the molecule is NC(=O)c1ccnn1-c1ccc(Cl)cc1Br. The van der Waals surface area contributed by atoms with Gasteiger partial charge in [-0.15, -0.1) is 0 Å². The van der Waals surface area contributed by atoms with Crippen LogP contribution in [0, 0.1) is 0 Å². The summed E-state index contributed by atoms with van der Waals surface area (Å²) in [5, 5.41) is 4.64. The van der Waals surface area contributed by atoms with Crippen LogP contribution in [0.15, 0.2) is 34.9 Å². The van der Waals surface area contributed by atoms with Gasteiger partial charge in [0.1, 0.15) is 5.69 Å². The molecule has 16 heavy (non-hydrogen) atoms. The molecule has 0 saturated carbocycles. The van der Waals surface area contributed by atoms with Crippen LogP contribution in [0.25, 0.3) is 5.69 Å². The maximum Gasteiger partial charge on any atom is 0.267 e. The van der Waals surface area contributed by atoms with Crippen molar-refractivity contribution in [3.8, 4) is 5.69 Å². The summed E-state index contributed by atoms with van der Waals surface area (Å²) in [5.74, 6) is -0.528. The highest BCUT2D eigenvalue weighted by atomic mass is 79.9. The molecule has 0 aliphatic rings. The average molecular weight is 301 g/mol. The molecule has 4 nitrogen and oxygen atoms in total. The predicted octanol–water partition coefficient (Wildman–Crippen LogP) is 2.39. The van der Waals surface area contributed by atoms with E-state index in [1.165, 1.54) is 10.9 Å². The molecule has 2 rings (SSSR count). The number of aromatic nitrogens is 2. The lowest BCUT2D eigenvalue weighted by molar-refractivity contribution is 0.0993. The summed E-state index contributed by atoms with van der Waals surface area (Å²) >= 11 is 9.18. The monoisotopic (exact) mass is 299 g/mol. The van der Waals surface area contributed by atoms with Crippen molar-refractivity contribution < 1.29 is 4.79 Å². The Morgan fingerprint density at radius 1 is 1.44 bits per heavy atom. The Hall–Kier alpha value is -1.33. The number of carbonyl (C=O) groups is 1. The minimum Gasteiger partial charge on any atom is -0.364 e. The van der Waals surface area contributed by atoms with Crippen molar-refractivity contribution in [3.05, 3.63) is 45.7 Å². The first-order valence-corrected chi connectivity index (χ1v) is 5.56. The topological polar surface area (TPSA) is 60.9 Å². The number of carbonyl (C=O) groups excluding carboxylic acids is 1. The van der Waals surface area contributed by atoms with Crippen LogP contribution in [0.4, 0.5) is 0 Å². The van der Waals surface area contributed by atoms with E-state index in [9.17, 15) is 4.79 Å². The van der Waals surface area contributed by atoms with Crippen molar-refractivity contribution in [1.29, 1.82) is 0 Å². The van der Waals surface area contributed by atoms with Gasteiger partial charge < -0.3 is 5.73 Å². The number of halogens is 2. The summed E-state index contributed by atoms with van der Waals surface area (Å²) in [6, 6.07) is 6.76. The van der Waals surface area contributed by atoms with Crippen molar-refractivity contribution >= 4 is 33.4 Å². The minimum atomic E-state index is -0.528. The first-order valence-electron chi connectivity index (χ1n) is 4.39. The Morgan fingerprint density at radius 2 is 2.19 bits per heavy atom. The van der Waals surface area contributed by atoms with Crippen LogP contribution in [-0.4, -0.2) is 15.7 Å². The third-order valence-corrected chi connectivity index (χ3v) is 2.90. The molecular weight excluding hydrogens is 293 g/mol. The predicted molar refractivity (Wildman–Crippen MR) is 64.8 cm³/mol. The molecule has 1 amide bonds. The molecule has 0 atom stereocenters. The average Bonchev–Trinajstić information content (AvgIpc) is 2.66. The van der Waals surface area contributed by atoms with E-state index in [-0.39, 0.29) is 0 Å². The van der Waals surface area contributed by atoms with Gasteiger partial charge >= 0.3 is 0 Å². The van der Waals surface area contributed by atoms with E-state index < -0.39 is 5.91 Å². The Kier molecular flexibility index (Phi) is 2.98. The zero-order valence-electron chi connectivity index (χ0n) is 8.02. The largest absolute Gasteiger partial charge is 0.364 e. The van der Waals surface area contributed by atoms with E-state index in [0.29, 0.717) is 16.4 Å². The van der Waals surface area contributed by atoms with Gasteiger partial charge in [-0.3, -0.25) is 4.79 Å². The molecule has 0 unspecified atom stereocenters. The summed E-state index contributed by atoms with van der Waals surface area (Å²) in [7, 11) is 0. The normalized spacial score (nSPS) is 10.4. The van der Waals surface area contributed by atoms with Crippen molar-refractivity contribution in [1.82, 2.24) is 9.78 Å². The molecule has 0 radical (unpaired) electrons. The van der Waals surface area contributed by atoms with E-state index in [1.807, 2.05) is 0 Å². The van der Waals surface area contributed by atoms with Gasteiger partial charge in [-0.05, 0) is 40.2 Å². The van der Waals surface area contributed by atoms with Crippen molar-refractivity contribution in [2.24, 2.45) is 5.73 Å². The van der Waals surface area contributed by atoms with Crippen molar-refractivity contribution in [3.63, 3.8) is 0 Å². The fraction of sp³-hybridized carbons (Fsp3) is 0. The highest BCUT2D eigenvalue weighted by Crippen LogP contribution is 2.25. The van der Waals surface area contributed by atoms with Crippen LogP contribution in [0.2, 0.25) is 5.02 Å². The van der Waals surface area contributed by atoms with E-state index in [2.05, 4.69) is 21.0 Å². The number of hydrogen-bond donors (Lipinski definition) is 1. The molecular formula is C10H7BrClN3O. The lowest BCUT2D eigenvalue weighted by Crippen LogP contribution is -2.16. The molecule has 82 valence electrons. The molecule has 0 bridgehead atoms. The van der Waals surface area contributed by atoms with E-state index >= 15 is 0 Å². The minimum absolute atomic E-state index is 0.322. The van der Waals surface area contributed by atoms with E-state index in [0.717, 1.165) is 4.47 Å². The highest BCUT2D eigenvalue weighted by Gasteiger charge is 2.12. The zero-order chi connectivity index (χ0) is 11.7. The lowest BCUT2D eigenvalue weighted by Gasteiger charge is -2.07. The van der Waals surface area contributed by atoms with Crippen molar-refractivity contribution in [2.75, 3.05) is 0 Å². The first-order chi connectivity index (χ1) is 7.59. The Morgan fingerprint density at radius 3 is 2.81 bits per heavy atom. The van der Waals surface area contributed by atoms with Gasteiger partial charge in [-0.2, -0.15) is 5.10 Å². The van der Waals surface area contributed by atoms with Crippen molar-refractivity contribution in [2.45, 2.75) is 0 Å². The molecule has 1 aromatic carbocycles. The quantitative estimate of drug-likeness (QED) is 0.925. The van der Waals surface area contributed by atoms with Gasteiger partial charge in [0.15, 0.2) is 0 Å². The van der Waals surface area contributed by atoms with Gasteiger partial charge in [-0.25, -0.2) is 4.68 Å². The number of primary amides is 1. The number of benzene rings is 1. The van der Waals surface area contributed by atoms with Gasteiger partial charge in [0, 0.05) is 9.50 Å². The highest BCUT2D eigenvalue weighted by molar-refractivity contribution is 9.10. The van der Waals surface area contributed by atoms with Gasteiger partial charge in [0.05, 0.1) is 11.9 Å². The lowest BCUT2D eigenvalue weighted by atomic mass is 10.3. The smallest absolute Gasteiger partial charge is 0.267 e. The second kappa shape index (κ2) is 4.27. The van der Waals surface area contributed by atoms with Crippen LogP contribution in [0.3, 0.4) is 0 Å². The summed E-state index contributed by atoms with van der Waals surface area (Å²) in [4.78, 5) is 11.2. The van der Waals surface area contributed by atoms with Crippen LogP contribution >= 0.6 is 27.5 Å². The number of hydrogen-bond acceptors (Lipinski definition) is 2. The second-order valence-electron chi connectivity index (χ2n) is 3.09. The summed E-state index contributed by atoms with van der Waals surface area (Å²) in [6.07, 6.45) is 1.52. The molecule has 0 spiro atoms. The van der Waals surface area contributed by atoms with E-state index in [4.69, 9.17) is 17.3 Å². The zero-order valence-corrected chi connectivity index (χ0v) is 10.4. The van der Waals surface area contributed by atoms with Crippen LogP contribution in [0.1, 0.15) is 10.5 Å². The first kappa shape index (κ1) is 11.2. The molecule has 2 N–H and O–H groups in total.